The third-order valence-corrected chi connectivity index (χ3v) is 7.98. The molecule has 0 aliphatic heterocycles. The number of nitrogens with zero attached hydrogens (tertiary/aromatic N) is 1. The van der Waals surface area contributed by atoms with E-state index in [0.717, 1.165) is 6.07 Å². The minimum absolute atomic E-state index is 0.00189. The van der Waals surface area contributed by atoms with E-state index in [0.29, 0.717) is 0 Å². The number of rotatable bonds is 2. The van der Waals surface area contributed by atoms with Crippen LogP contribution in [0.1, 0.15) is 42.3 Å². The number of amides is 1. The van der Waals surface area contributed by atoms with Crippen LogP contribution in [0.3, 0.4) is 0 Å². The molecular formula is C23H25ClN2O8. The maximum atomic E-state index is 13.6. The lowest BCUT2D eigenvalue weighted by Gasteiger charge is -2.60. The van der Waals surface area contributed by atoms with Gasteiger partial charge in [0.25, 0.3) is 5.91 Å². The highest BCUT2D eigenvalue weighted by Gasteiger charge is 2.72. The standard InChI is InChI=1S/C23H25ClN2O8/c1-21-7-22(2)16(26(3)4)15(29)12(20(25)33)18(31)23(22,34)19(32)13(21)14(28)11-9(27)6-5-8(24)10(11)17(21)30/h5-6,16-17,27,29-30,32,34H,7H2,1-4H3,(H2,25,33)/t16-,17-,21+,22+,23-/m1/s1. The molecule has 0 bridgehead atoms. The highest BCUT2D eigenvalue weighted by Crippen LogP contribution is 2.65. The number of carbonyl (C=O) groups is 3. The second-order valence-electron chi connectivity index (χ2n) is 9.85. The Balaban J connectivity index is 2.14. The number of fused-ring (bicyclic) bond motifs is 3. The molecule has 0 unspecified atom stereocenters. The van der Waals surface area contributed by atoms with Gasteiger partial charge in [0.05, 0.1) is 23.3 Å². The summed E-state index contributed by atoms with van der Waals surface area (Å²) in [6, 6.07) is 1.24. The average Bonchev–Trinajstić information content (AvgIpc) is 2.70. The molecule has 1 aromatic carbocycles. The lowest BCUT2D eigenvalue weighted by Crippen LogP contribution is -2.71. The molecule has 3 aliphatic carbocycles. The van der Waals surface area contributed by atoms with Gasteiger partial charge in [0.2, 0.25) is 5.78 Å². The van der Waals surface area contributed by atoms with Crippen molar-refractivity contribution in [3.63, 3.8) is 0 Å². The van der Waals surface area contributed by atoms with Gasteiger partial charge in [-0.1, -0.05) is 25.4 Å². The van der Waals surface area contributed by atoms with Gasteiger partial charge in [0.1, 0.15) is 22.8 Å². The highest BCUT2D eigenvalue weighted by molar-refractivity contribution is 6.33. The van der Waals surface area contributed by atoms with Crippen molar-refractivity contribution in [3.8, 4) is 5.75 Å². The minimum atomic E-state index is -2.85. The van der Waals surface area contributed by atoms with E-state index in [1.54, 1.807) is 0 Å². The van der Waals surface area contributed by atoms with Crippen molar-refractivity contribution in [1.29, 1.82) is 0 Å². The number of nitrogens with two attached hydrogens (primary N) is 1. The Kier molecular flexibility index (Phi) is 5.02. The van der Waals surface area contributed by atoms with Crippen LogP contribution in [0.25, 0.3) is 0 Å². The first-order valence-electron chi connectivity index (χ1n) is 10.4. The van der Waals surface area contributed by atoms with Crippen molar-refractivity contribution in [1.82, 2.24) is 4.90 Å². The lowest BCUT2D eigenvalue weighted by atomic mass is 9.46. The molecule has 0 heterocycles. The van der Waals surface area contributed by atoms with Gasteiger partial charge >= 0.3 is 0 Å². The molecule has 0 saturated heterocycles. The third kappa shape index (κ3) is 2.54. The maximum absolute atomic E-state index is 13.6. The van der Waals surface area contributed by atoms with Crippen LogP contribution in [0.15, 0.2) is 34.8 Å². The number of hydrogen-bond acceptors (Lipinski definition) is 9. The Hall–Kier alpha value is -2.92. The van der Waals surface area contributed by atoms with Crippen LogP contribution in [0.2, 0.25) is 5.02 Å². The first kappa shape index (κ1) is 24.2. The molecule has 0 fully saturated rings. The molecule has 1 amide bonds. The largest absolute Gasteiger partial charge is 0.510 e. The van der Waals surface area contributed by atoms with Crippen molar-refractivity contribution in [2.75, 3.05) is 14.1 Å². The summed E-state index contributed by atoms with van der Waals surface area (Å²) < 4.78 is 0. The molecule has 11 heteroatoms. The monoisotopic (exact) mass is 492 g/mol. The zero-order valence-corrected chi connectivity index (χ0v) is 19.6. The predicted molar refractivity (Wildman–Crippen MR) is 119 cm³/mol. The van der Waals surface area contributed by atoms with Gasteiger partial charge in [0.15, 0.2) is 11.4 Å². The molecule has 0 aromatic heterocycles. The second-order valence-corrected chi connectivity index (χ2v) is 10.3. The van der Waals surface area contributed by atoms with Gasteiger partial charge in [-0.3, -0.25) is 19.3 Å². The Bertz CT molecular complexity index is 1250. The van der Waals surface area contributed by atoms with Crippen LogP contribution < -0.4 is 5.73 Å². The van der Waals surface area contributed by atoms with E-state index in [1.807, 2.05) is 0 Å². The van der Waals surface area contributed by atoms with Crippen LogP contribution in [-0.4, -0.2) is 73.6 Å². The topological polar surface area (TPSA) is 182 Å². The molecule has 3 aliphatic rings. The first-order valence-corrected chi connectivity index (χ1v) is 10.8. The van der Waals surface area contributed by atoms with E-state index in [1.165, 1.54) is 38.9 Å². The van der Waals surface area contributed by atoms with E-state index < -0.39 is 74.5 Å². The lowest BCUT2D eigenvalue weighted by molar-refractivity contribution is -0.174. The number of benzene rings is 1. The van der Waals surface area contributed by atoms with Crippen molar-refractivity contribution in [2.45, 2.75) is 38.0 Å². The third-order valence-electron chi connectivity index (χ3n) is 7.65. The van der Waals surface area contributed by atoms with Gasteiger partial charge in [-0.25, -0.2) is 0 Å². The number of aliphatic hydroxyl groups excluding tert-OH is 3. The van der Waals surface area contributed by atoms with Crippen LogP contribution in [0.4, 0.5) is 0 Å². The van der Waals surface area contributed by atoms with E-state index in [4.69, 9.17) is 17.3 Å². The number of halogens is 1. The number of primary amides is 1. The van der Waals surface area contributed by atoms with Crippen LogP contribution in [-0.2, 0) is 9.59 Å². The van der Waals surface area contributed by atoms with Gasteiger partial charge in [-0.2, -0.15) is 0 Å². The predicted octanol–water partition coefficient (Wildman–Crippen LogP) is 1.05. The number of likely N-dealkylation sites (N-methyl/N-ethyl adjacent to an activating group) is 1. The summed E-state index contributed by atoms with van der Waals surface area (Å²) >= 11 is 6.27. The zero-order valence-electron chi connectivity index (χ0n) is 18.9. The van der Waals surface area contributed by atoms with E-state index in [-0.39, 0.29) is 22.6 Å². The number of phenolic OH excluding ortho intramolecular Hbond substituents is 1. The second kappa shape index (κ2) is 7.05. The van der Waals surface area contributed by atoms with Crippen molar-refractivity contribution in [2.24, 2.45) is 16.6 Å². The summed E-state index contributed by atoms with van der Waals surface area (Å²) in [5, 5.41) is 55.9. The van der Waals surface area contributed by atoms with E-state index in [2.05, 4.69) is 0 Å². The number of Topliss-reactive ketones (excluding diaryl/α,β-unsaturated/α-hetero) is 2. The normalized spacial score (nSPS) is 35.3. The van der Waals surface area contributed by atoms with Gasteiger partial charge in [-0.15, -0.1) is 0 Å². The van der Waals surface area contributed by atoms with Gasteiger partial charge < -0.3 is 31.3 Å². The van der Waals surface area contributed by atoms with Crippen LogP contribution >= 0.6 is 11.6 Å². The van der Waals surface area contributed by atoms with E-state index in [9.17, 15) is 39.9 Å². The number of aliphatic hydroxyl groups is 4. The Morgan fingerprint density at radius 2 is 1.76 bits per heavy atom. The molecule has 4 rings (SSSR count). The molecule has 0 saturated carbocycles. The molecule has 5 atom stereocenters. The molecule has 0 radical (unpaired) electrons. The van der Waals surface area contributed by atoms with Crippen molar-refractivity contribution in [3.05, 3.63) is 50.9 Å². The SMILES string of the molecule is CN(C)[C@@H]1C(O)=C(C(N)=O)C(=O)[C@@]2(O)C(O)=C3C(=O)c4c(O)ccc(Cl)c4[C@@H](O)[C@@]3(C)C[C@@]12C. The maximum Gasteiger partial charge on any atom is 0.255 e. The molecule has 182 valence electrons. The molecule has 0 spiro atoms. The van der Waals surface area contributed by atoms with Crippen molar-refractivity contribution < 1.29 is 39.9 Å². The summed E-state index contributed by atoms with van der Waals surface area (Å²) in [5.74, 6) is -5.91. The van der Waals surface area contributed by atoms with Gasteiger partial charge in [-0.05, 0) is 32.6 Å². The summed E-state index contributed by atoms with van der Waals surface area (Å²) in [4.78, 5) is 40.5. The van der Waals surface area contributed by atoms with Crippen LogP contribution in [0, 0.1) is 10.8 Å². The molecule has 1 aromatic rings. The minimum Gasteiger partial charge on any atom is -0.510 e. The summed E-state index contributed by atoms with van der Waals surface area (Å²) in [5.41, 5.74) is -2.70. The molecule has 34 heavy (non-hydrogen) atoms. The number of carbonyl (C=O) groups excluding carboxylic acids is 3. The smallest absolute Gasteiger partial charge is 0.255 e. The fraction of sp³-hybridized carbons (Fsp3) is 0.435. The number of hydrogen-bond donors (Lipinski definition) is 6. The molecule has 10 nitrogen and oxygen atoms in total. The first-order chi connectivity index (χ1) is 15.6. The van der Waals surface area contributed by atoms with E-state index >= 15 is 0 Å². The number of ketones is 2. The van der Waals surface area contributed by atoms with Crippen molar-refractivity contribution >= 4 is 29.1 Å². The zero-order chi connectivity index (χ0) is 25.7. The van der Waals surface area contributed by atoms with Crippen LogP contribution in [0.5, 0.6) is 5.75 Å². The highest BCUT2D eigenvalue weighted by atomic mass is 35.5. The fourth-order valence-electron chi connectivity index (χ4n) is 6.28. The summed E-state index contributed by atoms with van der Waals surface area (Å²) in [7, 11) is 3.04. The quantitative estimate of drug-likeness (QED) is 0.328. The fourth-order valence-corrected chi connectivity index (χ4v) is 6.54. The Labute approximate surface area is 199 Å². The molecule has 7 N–H and O–H groups in total. The van der Waals surface area contributed by atoms with Gasteiger partial charge in [0, 0.05) is 21.4 Å². The average molecular weight is 493 g/mol. The Morgan fingerprint density at radius 3 is 2.29 bits per heavy atom. The number of phenols is 1. The Morgan fingerprint density at radius 1 is 1.18 bits per heavy atom. The summed E-state index contributed by atoms with van der Waals surface area (Å²) in [6.07, 6.45) is -1.85. The number of aromatic hydroxyl groups is 1. The molecular weight excluding hydrogens is 468 g/mol. The summed E-state index contributed by atoms with van der Waals surface area (Å²) in [6.45, 7) is 2.86.